The van der Waals surface area contributed by atoms with Gasteiger partial charge >= 0.3 is 17.9 Å². The molecule has 158 valence electrons. The fourth-order valence-electron chi connectivity index (χ4n) is 3.34. The zero-order valence-corrected chi connectivity index (χ0v) is 17.1. The highest BCUT2D eigenvalue weighted by Crippen LogP contribution is 2.36. The molecule has 0 N–H and O–H groups in total. The number of hydrogen-bond acceptors (Lipinski definition) is 7. The number of ether oxygens (including phenoxy) is 3. The van der Waals surface area contributed by atoms with Crippen molar-refractivity contribution < 1.29 is 33.4 Å². The van der Waals surface area contributed by atoms with E-state index in [0.717, 1.165) is 11.9 Å². The zero-order chi connectivity index (χ0) is 21.6. The Morgan fingerprint density at radius 3 is 2.76 bits per heavy atom. The van der Waals surface area contributed by atoms with Gasteiger partial charge in [-0.3, -0.25) is 14.4 Å². The van der Waals surface area contributed by atoms with Gasteiger partial charge in [0.15, 0.2) is 0 Å². The molecule has 29 heavy (non-hydrogen) atoms. The van der Waals surface area contributed by atoms with E-state index in [1.807, 2.05) is 6.92 Å². The standard InChI is InChI=1S/C22H28O7/c1-5-13(2)21(25)28-18-9-16(11-23)7-6-8-17(12-27-15(4)24)10-19-20(18)14(3)22(26)29-19/h7,10-11,13,18-20H,3,5-6,8-9,12H2,1-2,4H3/b16-7+,17-10-/t13-,18-,19-,20-/m1/s1. The van der Waals surface area contributed by atoms with Crippen molar-refractivity contribution in [2.45, 2.75) is 58.7 Å². The lowest BCUT2D eigenvalue weighted by molar-refractivity contribution is -0.156. The molecule has 7 nitrogen and oxygen atoms in total. The Morgan fingerprint density at radius 1 is 1.41 bits per heavy atom. The molecule has 1 aliphatic carbocycles. The van der Waals surface area contributed by atoms with E-state index in [1.54, 1.807) is 19.1 Å². The quantitative estimate of drug-likeness (QED) is 0.221. The molecule has 0 spiro atoms. The van der Waals surface area contributed by atoms with Crippen LogP contribution in [0.4, 0.5) is 0 Å². The van der Waals surface area contributed by atoms with E-state index in [4.69, 9.17) is 14.2 Å². The molecule has 0 saturated carbocycles. The molecule has 2 aliphatic rings. The number of rotatable bonds is 6. The summed E-state index contributed by atoms with van der Waals surface area (Å²) in [5, 5.41) is 0. The Bertz CT molecular complexity index is 746. The summed E-state index contributed by atoms with van der Waals surface area (Å²) in [6.07, 6.45) is 4.65. The van der Waals surface area contributed by atoms with E-state index >= 15 is 0 Å². The molecular weight excluding hydrogens is 376 g/mol. The number of fused-ring (bicyclic) bond motifs is 1. The molecular formula is C22H28O7. The lowest BCUT2D eigenvalue weighted by Crippen LogP contribution is -2.35. The van der Waals surface area contributed by atoms with Gasteiger partial charge < -0.3 is 14.2 Å². The number of aldehydes is 1. The first kappa shape index (κ1) is 22.6. The van der Waals surface area contributed by atoms with Gasteiger partial charge in [-0.1, -0.05) is 26.5 Å². The summed E-state index contributed by atoms with van der Waals surface area (Å²) in [6, 6.07) is 0. The maximum absolute atomic E-state index is 12.4. The predicted octanol–water partition coefficient (Wildman–Crippen LogP) is 2.84. The maximum atomic E-state index is 12.4. The first-order valence-corrected chi connectivity index (χ1v) is 9.84. The van der Waals surface area contributed by atoms with Gasteiger partial charge in [0.1, 0.15) is 25.1 Å². The third-order valence-corrected chi connectivity index (χ3v) is 5.27. The van der Waals surface area contributed by atoms with Gasteiger partial charge in [-0.15, -0.1) is 0 Å². The smallest absolute Gasteiger partial charge is 0.334 e. The lowest BCUT2D eigenvalue weighted by Gasteiger charge is -2.28. The van der Waals surface area contributed by atoms with E-state index in [0.29, 0.717) is 24.8 Å². The maximum Gasteiger partial charge on any atom is 0.334 e. The minimum absolute atomic E-state index is 0.0597. The molecule has 1 aliphatic heterocycles. The van der Waals surface area contributed by atoms with Crippen LogP contribution >= 0.6 is 0 Å². The summed E-state index contributed by atoms with van der Waals surface area (Å²) in [7, 11) is 0. The van der Waals surface area contributed by atoms with Gasteiger partial charge in [-0.2, -0.15) is 0 Å². The van der Waals surface area contributed by atoms with Crippen LogP contribution in [0, 0.1) is 11.8 Å². The highest BCUT2D eigenvalue weighted by Gasteiger charge is 2.45. The Labute approximate surface area is 170 Å². The van der Waals surface area contributed by atoms with Crippen molar-refractivity contribution in [1.29, 1.82) is 0 Å². The van der Waals surface area contributed by atoms with Gasteiger partial charge in [-0.25, -0.2) is 4.79 Å². The SMILES string of the molecule is C=C1C(=O)O[C@@H]2/C=C(\COC(C)=O)CC/C=C(/C=O)C[C@@H](OC(=O)[C@H](C)CC)[C@@H]12. The van der Waals surface area contributed by atoms with Crippen LogP contribution in [0.3, 0.4) is 0 Å². The molecule has 0 radical (unpaired) electrons. The second-order valence-electron chi connectivity index (χ2n) is 7.45. The van der Waals surface area contributed by atoms with Crippen molar-refractivity contribution in [2.75, 3.05) is 6.61 Å². The Morgan fingerprint density at radius 2 is 2.14 bits per heavy atom. The van der Waals surface area contributed by atoms with Crippen molar-refractivity contribution in [3.63, 3.8) is 0 Å². The second-order valence-corrected chi connectivity index (χ2v) is 7.45. The first-order valence-electron chi connectivity index (χ1n) is 9.84. The van der Waals surface area contributed by atoms with Gasteiger partial charge in [-0.05, 0) is 36.5 Å². The highest BCUT2D eigenvalue weighted by atomic mass is 16.6. The molecule has 2 rings (SSSR count). The number of hydrogen-bond donors (Lipinski definition) is 0. The van der Waals surface area contributed by atoms with Crippen molar-refractivity contribution in [3.8, 4) is 0 Å². The van der Waals surface area contributed by atoms with Crippen LogP contribution in [0.5, 0.6) is 0 Å². The second kappa shape index (κ2) is 10.2. The van der Waals surface area contributed by atoms with Crippen LogP contribution < -0.4 is 0 Å². The normalized spacial score (nSPS) is 29.3. The van der Waals surface area contributed by atoms with Crippen LogP contribution in [-0.2, 0) is 33.4 Å². The predicted molar refractivity (Wildman–Crippen MR) is 105 cm³/mol. The zero-order valence-electron chi connectivity index (χ0n) is 17.1. The lowest BCUT2D eigenvalue weighted by atomic mass is 9.85. The third-order valence-electron chi connectivity index (χ3n) is 5.27. The van der Waals surface area contributed by atoms with Crippen molar-refractivity contribution in [1.82, 2.24) is 0 Å². The molecule has 1 saturated heterocycles. The van der Waals surface area contributed by atoms with Gasteiger partial charge in [0.25, 0.3) is 0 Å². The molecule has 1 heterocycles. The van der Waals surface area contributed by atoms with E-state index < -0.39 is 36.0 Å². The average Bonchev–Trinajstić information content (AvgIpc) is 2.96. The molecule has 0 unspecified atom stereocenters. The largest absolute Gasteiger partial charge is 0.461 e. The summed E-state index contributed by atoms with van der Waals surface area (Å²) in [4.78, 5) is 47.4. The summed E-state index contributed by atoms with van der Waals surface area (Å²) < 4.78 is 16.3. The Hall–Kier alpha value is -2.70. The molecule has 7 heteroatoms. The molecule has 0 aromatic heterocycles. The summed E-state index contributed by atoms with van der Waals surface area (Å²) in [6.45, 7) is 8.85. The van der Waals surface area contributed by atoms with E-state index in [9.17, 15) is 19.2 Å². The average molecular weight is 404 g/mol. The van der Waals surface area contributed by atoms with Crippen LogP contribution in [0.25, 0.3) is 0 Å². The third kappa shape index (κ3) is 5.89. The van der Waals surface area contributed by atoms with Crippen LogP contribution in [0.2, 0.25) is 0 Å². The minimum Gasteiger partial charge on any atom is -0.461 e. The van der Waals surface area contributed by atoms with E-state index in [-0.39, 0.29) is 24.5 Å². The van der Waals surface area contributed by atoms with Gasteiger partial charge in [0.2, 0.25) is 0 Å². The molecule has 0 bridgehead atoms. The summed E-state index contributed by atoms with van der Waals surface area (Å²) in [5.74, 6) is -2.31. The van der Waals surface area contributed by atoms with Crippen LogP contribution in [0.1, 0.15) is 46.5 Å². The van der Waals surface area contributed by atoms with E-state index in [2.05, 4.69) is 6.58 Å². The van der Waals surface area contributed by atoms with E-state index in [1.165, 1.54) is 6.92 Å². The van der Waals surface area contributed by atoms with Crippen LogP contribution in [-0.4, -0.2) is 43.0 Å². The fourth-order valence-corrected chi connectivity index (χ4v) is 3.34. The molecule has 0 aromatic rings. The Kier molecular flexibility index (Phi) is 7.93. The van der Waals surface area contributed by atoms with Crippen LogP contribution in [0.15, 0.2) is 35.5 Å². The van der Waals surface area contributed by atoms with Crippen molar-refractivity contribution in [3.05, 3.63) is 35.5 Å². The Balaban J connectivity index is 2.41. The number of esters is 3. The number of allylic oxidation sites excluding steroid dienone is 1. The number of carbonyl (C=O) groups excluding carboxylic acids is 4. The first-order chi connectivity index (χ1) is 13.8. The molecule has 0 aromatic carbocycles. The summed E-state index contributed by atoms with van der Waals surface area (Å²) in [5.41, 5.74) is 1.44. The summed E-state index contributed by atoms with van der Waals surface area (Å²) >= 11 is 0. The minimum atomic E-state index is -0.763. The fraction of sp³-hybridized carbons (Fsp3) is 0.545. The van der Waals surface area contributed by atoms with Crippen molar-refractivity contribution >= 4 is 24.2 Å². The highest BCUT2D eigenvalue weighted by molar-refractivity contribution is 5.91. The van der Waals surface area contributed by atoms with Gasteiger partial charge in [0, 0.05) is 18.9 Å². The van der Waals surface area contributed by atoms with Crippen molar-refractivity contribution in [2.24, 2.45) is 11.8 Å². The monoisotopic (exact) mass is 404 g/mol. The molecule has 1 fully saturated rings. The molecule has 4 atom stereocenters. The molecule has 0 amide bonds. The topological polar surface area (TPSA) is 96.0 Å². The number of carbonyl (C=O) groups is 4. The van der Waals surface area contributed by atoms with Gasteiger partial charge in [0.05, 0.1) is 11.8 Å².